The lowest BCUT2D eigenvalue weighted by atomic mass is 10.2. The van der Waals surface area contributed by atoms with Crippen LogP contribution in [0.3, 0.4) is 0 Å². The number of amides is 1. The number of nitrogens with two attached hydrogens (primary N) is 2. The van der Waals surface area contributed by atoms with Crippen LogP contribution in [-0.4, -0.2) is 21.4 Å². The Kier molecular flexibility index (Phi) is 3.56. The zero-order valence-electron chi connectivity index (χ0n) is 8.23. The molecule has 0 radical (unpaired) electrons. The Morgan fingerprint density at radius 1 is 1.44 bits per heavy atom. The van der Waals surface area contributed by atoms with Gasteiger partial charge in [0.25, 0.3) is 0 Å². The summed E-state index contributed by atoms with van der Waals surface area (Å²) >= 11 is 3.07. The lowest BCUT2D eigenvalue weighted by molar-refractivity contribution is 0.1000. The number of carbonyl (C=O) groups excluding carboxylic acids is 1. The maximum absolute atomic E-state index is 11.3. The number of methoxy groups -OCH3 is 1. The van der Waals surface area contributed by atoms with Crippen LogP contribution in [0.1, 0.15) is 10.4 Å². The standard InChI is InChI=1S/C8H9BrN2O4S/c1-15-7-5(9)2-4(8(10)12)3-6(7)16(11,13)14/h2-3H,1H3,(H2,10,12)(H2,11,13,14). The zero-order valence-corrected chi connectivity index (χ0v) is 10.6. The molecule has 1 rings (SSSR count). The predicted molar refractivity (Wildman–Crippen MR) is 60.6 cm³/mol. The minimum absolute atomic E-state index is 0.0247. The van der Waals surface area contributed by atoms with Crippen LogP contribution in [0.4, 0.5) is 0 Å². The maximum Gasteiger partial charge on any atom is 0.248 e. The third-order valence-electron chi connectivity index (χ3n) is 1.80. The minimum Gasteiger partial charge on any atom is -0.494 e. The lowest BCUT2D eigenvalue weighted by Crippen LogP contribution is -2.17. The van der Waals surface area contributed by atoms with Gasteiger partial charge < -0.3 is 10.5 Å². The molecule has 0 saturated carbocycles. The van der Waals surface area contributed by atoms with Crippen molar-refractivity contribution in [1.29, 1.82) is 0 Å². The second-order valence-corrected chi connectivity index (χ2v) is 5.28. The fourth-order valence-electron chi connectivity index (χ4n) is 1.12. The Hall–Kier alpha value is -1.12. The van der Waals surface area contributed by atoms with Crippen molar-refractivity contribution in [2.75, 3.05) is 7.11 Å². The summed E-state index contributed by atoms with van der Waals surface area (Å²) in [7, 11) is -2.70. The Morgan fingerprint density at radius 2 is 2.00 bits per heavy atom. The van der Waals surface area contributed by atoms with E-state index in [-0.39, 0.29) is 20.7 Å². The second kappa shape index (κ2) is 4.40. The first-order valence-corrected chi connectivity index (χ1v) is 6.31. The number of benzene rings is 1. The van der Waals surface area contributed by atoms with E-state index < -0.39 is 15.9 Å². The Balaban J connectivity index is 3.62. The van der Waals surface area contributed by atoms with E-state index in [2.05, 4.69) is 15.9 Å². The first-order valence-electron chi connectivity index (χ1n) is 3.97. The number of ether oxygens (including phenoxy) is 1. The SMILES string of the molecule is COc1c(Br)cc(C(N)=O)cc1S(N)(=O)=O. The zero-order chi connectivity index (χ0) is 12.5. The van der Waals surface area contributed by atoms with Crippen molar-refractivity contribution in [3.05, 3.63) is 22.2 Å². The van der Waals surface area contributed by atoms with E-state index in [1.54, 1.807) is 0 Å². The molecule has 8 heteroatoms. The van der Waals surface area contributed by atoms with E-state index in [1.807, 2.05) is 0 Å². The summed E-state index contributed by atoms with van der Waals surface area (Å²) in [6, 6.07) is 2.43. The summed E-state index contributed by atoms with van der Waals surface area (Å²) in [5, 5.41) is 4.99. The monoisotopic (exact) mass is 308 g/mol. The molecule has 1 aromatic carbocycles. The normalized spacial score (nSPS) is 11.2. The number of halogens is 1. The number of carbonyl (C=O) groups is 1. The molecule has 0 fully saturated rings. The molecule has 0 aliphatic carbocycles. The highest BCUT2D eigenvalue weighted by atomic mass is 79.9. The molecule has 16 heavy (non-hydrogen) atoms. The first kappa shape index (κ1) is 12.9. The van der Waals surface area contributed by atoms with E-state index in [4.69, 9.17) is 15.6 Å². The van der Waals surface area contributed by atoms with Crippen molar-refractivity contribution < 1.29 is 17.9 Å². The van der Waals surface area contributed by atoms with Gasteiger partial charge in [0.15, 0.2) is 5.75 Å². The molecule has 0 aromatic heterocycles. The highest BCUT2D eigenvalue weighted by Gasteiger charge is 2.20. The smallest absolute Gasteiger partial charge is 0.248 e. The number of primary sulfonamides is 1. The number of hydrogen-bond donors (Lipinski definition) is 2. The third-order valence-corrected chi connectivity index (χ3v) is 3.31. The molecule has 0 unspecified atom stereocenters. The quantitative estimate of drug-likeness (QED) is 0.830. The van der Waals surface area contributed by atoms with Crippen LogP contribution < -0.4 is 15.6 Å². The maximum atomic E-state index is 11.3. The van der Waals surface area contributed by atoms with Gasteiger partial charge in [-0.2, -0.15) is 0 Å². The van der Waals surface area contributed by atoms with E-state index in [0.29, 0.717) is 0 Å². The highest BCUT2D eigenvalue weighted by Crippen LogP contribution is 2.32. The summed E-state index contributed by atoms with van der Waals surface area (Å²) in [6.07, 6.45) is 0. The van der Waals surface area contributed by atoms with Gasteiger partial charge >= 0.3 is 0 Å². The molecule has 0 aliphatic rings. The number of sulfonamides is 1. The Morgan fingerprint density at radius 3 is 2.38 bits per heavy atom. The van der Waals surface area contributed by atoms with Crippen molar-refractivity contribution in [2.45, 2.75) is 4.90 Å². The molecule has 6 nitrogen and oxygen atoms in total. The average Bonchev–Trinajstić information content (AvgIpc) is 2.14. The van der Waals surface area contributed by atoms with Crippen LogP contribution >= 0.6 is 15.9 Å². The van der Waals surface area contributed by atoms with Crippen molar-refractivity contribution in [1.82, 2.24) is 0 Å². The van der Waals surface area contributed by atoms with Gasteiger partial charge in [-0.1, -0.05) is 0 Å². The molecule has 4 N–H and O–H groups in total. The molecule has 0 spiro atoms. The van der Waals surface area contributed by atoms with Crippen molar-refractivity contribution in [2.24, 2.45) is 10.9 Å². The fraction of sp³-hybridized carbons (Fsp3) is 0.125. The van der Waals surface area contributed by atoms with Crippen LogP contribution in [0.2, 0.25) is 0 Å². The van der Waals surface area contributed by atoms with Crippen LogP contribution in [0.15, 0.2) is 21.5 Å². The van der Waals surface area contributed by atoms with Gasteiger partial charge in [0, 0.05) is 5.56 Å². The van der Waals surface area contributed by atoms with E-state index in [1.165, 1.54) is 13.2 Å². The first-order chi connectivity index (χ1) is 7.27. The number of primary amides is 1. The van der Waals surface area contributed by atoms with Gasteiger partial charge in [-0.15, -0.1) is 0 Å². The molecule has 0 bridgehead atoms. The van der Waals surface area contributed by atoms with Crippen LogP contribution in [0.5, 0.6) is 5.75 Å². The summed E-state index contributed by atoms with van der Waals surface area (Å²) in [5.41, 5.74) is 5.07. The lowest BCUT2D eigenvalue weighted by Gasteiger charge is -2.10. The van der Waals surface area contributed by atoms with Gasteiger partial charge in [0.1, 0.15) is 4.90 Å². The molecule has 0 atom stereocenters. The van der Waals surface area contributed by atoms with Gasteiger partial charge in [0.2, 0.25) is 15.9 Å². The van der Waals surface area contributed by atoms with Crippen LogP contribution in [0.25, 0.3) is 0 Å². The molecular weight excluding hydrogens is 300 g/mol. The van der Waals surface area contributed by atoms with E-state index >= 15 is 0 Å². The molecular formula is C8H9BrN2O4S. The summed E-state index contributed by atoms with van der Waals surface area (Å²) in [5.74, 6) is -0.722. The van der Waals surface area contributed by atoms with E-state index in [9.17, 15) is 13.2 Å². The number of hydrogen-bond acceptors (Lipinski definition) is 4. The van der Waals surface area contributed by atoms with Gasteiger partial charge in [0.05, 0.1) is 11.6 Å². The van der Waals surface area contributed by atoms with Crippen molar-refractivity contribution in [3.8, 4) is 5.75 Å². The molecule has 0 heterocycles. The molecule has 0 saturated heterocycles. The fourth-order valence-corrected chi connectivity index (χ4v) is 2.62. The van der Waals surface area contributed by atoms with Gasteiger partial charge in [-0.3, -0.25) is 4.79 Å². The topological polar surface area (TPSA) is 112 Å². The van der Waals surface area contributed by atoms with Crippen molar-refractivity contribution >= 4 is 31.9 Å². The summed E-state index contributed by atoms with van der Waals surface area (Å²) in [6.45, 7) is 0. The minimum atomic E-state index is -3.99. The number of rotatable bonds is 3. The molecule has 1 aromatic rings. The second-order valence-electron chi connectivity index (χ2n) is 2.90. The predicted octanol–water partition coefficient (Wildman–Crippen LogP) is 0.204. The molecule has 0 aliphatic heterocycles. The van der Waals surface area contributed by atoms with Crippen LogP contribution in [-0.2, 0) is 10.0 Å². The van der Waals surface area contributed by atoms with Gasteiger partial charge in [-0.05, 0) is 28.1 Å². The van der Waals surface area contributed by atoms with Crippen LogP contribution in [0, 0.1) is 0 Å². The Labute approximate surface area is 101 Å². The summed E-state index contributed by atoms with van der Waals surface area (Å²) < 4.78 is 27.7. The van der Waals surface area contributed by atoms with Gasteiger partial charge in [-0.25, -0.2) is 13.6 Å². The summed E-state index contributed by atoms with van der Waals surface area (Å²) in [4.78, 5) is 10.7. The van der Waals surface area contributed by atoms with Crippen molar-refractivity contribution in [3.63, 3.8) is 0 Å². The molecule has 88 valence electrons. The molecule has 1 amide bonds. The van der Waals surface area contributed by atoms with E-state index in [0.717, 1.165) is 6.07 Å². The highest BCUT2D eigenvalue weighted by molar-refractivity contribution is 9.10. The average molecular weight is 309 g/mol. The third kappa shape index (κ3) is 2.52. The Bertz CT molecular complexity index is 541. The largest absolute Gasteiger partial charge is 0.494 e.